The smallest absolute Gasteiger partial charge is 0.251 e. The van der Waals surface area contributed by atoms with Crippen LogP contribution >= 0.6 is 23.1 Å². The van der Waals surface area contributed by atoms with Gasteiger partial charge in [0.2, 0.25) is 0 Å². The largest absolute Gasteiger partial charge is 0.493 e. The van der Waals surface area contributed by atoms with Gasteiger partial charge in [-0.2, -0.15) is 0 Å². The zero-order valence-corrected chi connectivity index (χ0v) is 17.1. The lowest BCUT2D eigenvalue weighted by Crippen LogP contribution is -2.09. The van der Waals surface area contributed by atoms with Crippen molar-refractivity contribution < 1.29 is 9.47 Å². The summed E-state index contributed by atoms with van der Waals surface area (Å²) in [4.78, 5) is 23.7. The van der Waals surface area contributed by atoms with Gasteiger partial charge >= 0.3 is 0 Å². The van der Waals surface area contributed by atoms with Crippen molar-refractivity contribution in [2.45, 2.75) is 30.7 Å². The second-order valence-corrected chi connectivity index (χ2v) is 7.62. The topological polar surface area (TPSA) is 77.1 Å². The van der Waals surface area contributed by atoms with Crippen molar-refractivity contribution in [3.8, 4) is 22.1 Å². The van der Waals surface area contributed by atoms with E-state index >= 15 is 0 Å². The number of hydrogen-bond donors (Lipinski definition) is 1. The fraction of sp³-hybridized carbons (Fsp3) is 0.316. The monoisotopic (exact) mass is 403 g/mol. The fourth-order valence-corrected chi connectivity index (χ4v) is 4.26. The highest BCUT2D eigenvalue weighted by molar-refractivity contribution is 7.98. The summed E-state index contributed by atoms with van der Waals surface area (Å²) < 4.78 is 10.6. The van der Waals surface area contributed by atoms with Crippen LogP contribution in [0.1, 0.15) is 24.7 Å². The van der Waals surface area contributed by atoms with Gasteiger partial charge in [0.15, 0.2) is 16.7 Å². The molecule has 2 aromatic heterocycles. The number of hydrogen-bond acceptors (Lipinski definition) is 7. The molecule has 1 aromatic carbocycles. The molecule has 0 saturated heterocycles. The lowest BCUT2D eigenvalue weighted by Gasteiger charge is -2.08. The van der Waals surface area contributed by atoms with Crippen LogP contribution in [-0.2, 0) is 12.2 Å². The fourth-order valence-electron chi connectivity index (χ4n) is 2.55. The first-order valence-corrected chi connectivity index (χ1v) is 10.4. The van der Waals surface area contributed by atoms with Crippen molar-refractivity contribution in [3.05, 3.63) is 51.4 Å². The second-order valence-electron chi connectivity index (χ2n) is 5.79. The van der Waals surface area contributed by atoms with Gasteiger partial charge in [0.1, 0.15) is 5.01 Å². The molecule has 3 aromatic rings. The molecule has 0 radical (unpaired) electrons. The molecule has 142 valence electrons. The van der Waals surface area contributed by atoms with Crippen molar-refractivity contribution in [2.75, 3.05) is 14.2 Å². The van der Waals surface area contributed by atoms with E-state index < -0.39 is 0 Å². The highest BCUT2D eigenvalue weighted by Gasteiger charge is 2.10. The number of methoxy groups -OCH3 is 2. The molecule has 0 aliphatic rings. The molecular weight excluding hydrogens is 382 g/mol. The minimum absolute atomic E-state index is 0.111. The van der Waals surface area contributed by atoms with Crippen LogP contribution in [0.3, 0.4) is 0 Å². The quantitative estimate of drug-likeness (QED) is 0.450. The SMILES string of the molecule is CCCc1cc(=O)[nH]c(SCc2csc(-c3ccc(OC)c(OC)c3)n2)n1. The first-order valence-electron chi connectivity index (χ1n) is 8.52. The normalized spacial score (nSPS) is 10.8. The van der Waals surface area contributed by atoms with Crippen LogP contribution in [0.5, 0.6) is 11.5 Å². The number of aryl methyl sites for hydroxylation is 1. The minimum atomic E-state index is -0.111. The minimum Gasteiger partial charge on any atom is -0.493 e. The number of H-pyrrole nitrogens is 1. The number of thioether (sulfide) groups is 1. The molecule has 0 bridgehead atoms. The molecule has 0 saturated carbocycles. The summed E-state index contributed by atoms with van der Waals surface area (Å²) in [6, 6.07) is 7.32. The maximum Gasteiger partial charge on any atom is 0.251 e. The molecule has 0 amide bonds. The number of aromatic nitrogens is 3. The third-order valence-corrected chi connectivity index (χ3v) is 5.67. The van der Waals surface area contributed by atoms with E-state index in [1.54, 1.807) is 31.6 Å². The molecule has 0 fully saturated rings. The molecule has 1 N–H and O–H groups in total. The van der Waals surface area contributed by atoms with Gasteiger partial charge in [-0.15, -0.1) is 11.3 Å². The zero-order valence-electron chi connectivity index (χ0n) is 15.4. The van der Waals surface area contributed by atoms with Gasteiger partial charge in [-0.05, 0) is 24.6 Å². The summed E-state index contributed by atoms with van der Waals surface area (Å²) in [6.07, 6.45) is 1.76. The van der Waals surface area contributed by atoms with Gasteiger partial charge in [-0.1, -0.05) is 25.1 Å². The highest BCUT2D eigenvalue weighted by atomic mass is 32.2. The van der Waals surface area contributed by atoms with Gasteiger partial charge < -0.3 is 14.5 Å². The van der Waals surface area contributed by atoms with Crippen LogP contribution in [-0.4, -0.2) is 29.2 Å². The number of ether oxygens (including phenoxy) is 2. The first kappa shape index (κ1) is 19.4. The van der Waals surface area contributed by atoms with Crippen molar-refractivity contribution in [1.29, 1.82) is 0 Å². The summed E-state index contributed by atoms with van der Waals surface area (Å²) >= 11 is 3.05. The lowest BCUT2D eigenvalue weighted by molar-refractivity contribution is 0.355. The Morgan fingerprint density at radius 2 is 1.93 bits per heavy atom. The van der Waals surface area contributed by atoms with Crippen LogP contribution in [0.25, 0.3) is 10.6 Å². The zero-order chi connectivity index (χ0) is 19.2. The maximum absolute atomic E-state index is 11.8. The molecule has 0 atom stereocenters. The van der Waals surface area contributed by atoms with E-state index in [0.29, 0.717) is 22.4 Å². The van der Waals surface area contributed by atoms with E-state index in [2.05, 4.69) is 21.9 Å². The van der Waals surface area contributed by atoms with E-state index in [1.165, 1.54) is 11.8 Å². The summed E-state index contributed by atoms with van der Waals surface area (Å²) in [5.41, 5.74) is 2.64. The lowest BCUT2D eigenvalue weighted by atomic mass is 10.2. The molecule has 0 aliphatic carbocycles. The molecule has 27 heavy (non-hydrogen) atoms. The summed E-state index contributed by atoms with van der Waals surface area (Å²) in [7, 11) is 3.23. The molecule has 3 rings (SSSR count). The average molecular weight is 404 g/mol. The second kappa shape index (κ2) is 9.05. The Hall–Kier alpha value is -2.32. The molecule has 0 spiro atoms. The van der Waals surface area contributed by atoms with Crippen LogP contribution in [0.15, 0.2) is 39.6 Å². The third-order valence-electron chi connectivity index (χ3n) is 3.82. The van der Waals surface area contributed by atoms with Gasteiger partial charge in [0.05, 0.1) is 19.9 Å². The molecule has 2 heterocycles. The number of nitrogens with zero attached hydrogens (tertiary/aromatic N) is 2. The van der Waals surface area contributed by atoms with Crippen LogP contribution in [0.4, 0.5) is 0 Å². The average Bonchev–Trinajstić information content (AvgIpc) is 3.14. The Labute approximate surface area is 166 Å². The standard InChI is InChI=1S/C19H21N3O3S2/c1-4-5-13-9-17(23)22-19(21-13)27-11-14-10-26-18(20-14)12-6-7-15(24-2)16(8-12)25-3/h6-10H,4-5,11H2,1-3H3,(H,21,22,23). The van der Waals surface area contributed by atoms with Crippen molar-refractivity contribution in [1.82, 2.24) is 15.0 Å². The molecule has 6 nitrogen and oxygen atoms in total. The number of rotatable bonds is 8. The van der Waals surface area contributed by atoms with E-state index in [1.807, 2.05) is 23.6 Å². The Kier molecular flexibility index (Phi) is 6.52. The predicted octanol–water partition coefficient (Wildman–Crippen LogP) is 4.16. The van der Waals surface area contributed by atoms with Gasteiger partial charge in [-0.3, -0.25) is 4.79 Å². The summed E-state index contributed by atoms with van der Waals surface area (Å²) in [5.74, 6) is 2.01. The third kappa shape index (κ3) is 4.90. The molecular formula is C19H21N3O3S2. The Balaban J connectivity index is 1.72. The van der Waals surface area contributed by atoms with E-state index in [-0.39, 0.29) is 5.56 Å². The van der Waals surface area contributed by atoms with Gasteiger partial charge in [-0.25, -0.2) is 9.97 Å². The van der Waals surface area contributed by atoms with Crippen LogP contribution in [0.2, 0.25) is 0 Å². The number of aromatic amines is 1. The molecule has 8 heteroatoms. The Morgan fingerprint density at radius 3 is 2.67 bits per heavy atom. The van der Waals surface area contributed by atoms with E-state index in [0.717, 1.165) is 34.8 Å². The Bertz CT molecular complexity index is 969. The Morgan fingerprint density at radius 1 is 1.11 bits per heavy atom. The highest BCUT2D eigenvalue weighted by Crippen LogP contribution is 2.34. The number of thiazole rings is 1. The predicted molar refractivity (Wildman–Crippen MR) is 109 cm³/mol. The maximum atomic E-state index is 11.8. The first-order chi connectivity index (χ1) is 13.1. The van der Waals surface area contributed by atoms with Gasteiger partial charge in [0, 0.05) is 28.5 Å². The summed E-state index contributed by atoms with van der Waals surface area (Å²) in [6.45, 7) is 2.07. The van der Waals surface area contributed by atoms with Gasteiger partial charge in [0.25, 0.3) is 5.56 Å². The van der Waals surface area contributed by atoms with Crippen molar-refractivity contribution >= 4 is 23.1 Å². The molecule has 0 unspecified atom stereocenters. The van der Waals surface area contributed by atoms with Crippen molar-refractivity contribution in [2.24, 2.45) is 0 Å². The summed E-state index contributed by atoms with van der Waals surface area (Å²) in [5, 5.41) is 3.56. The molecule has 0 aliphatic heterocycles. The number of nitrogens with one attached hydrogen (secondary N) is 1. The van der Waals surface area contributed by atoms with E-state index in [4.69, 9.17) is 9.47 Å². The van der Waals surface area contributed by atoms with Crippen molar-refractivity contribution in [3.63, 3.8) is 0 Å². The van der Waals surface area contributed by atoms with E-state index in [9.17, 15) is 4.79 Å². The number of benzene rings is 1. The van der Waals surface area contributed by atoms with Crippen LogP contribution < -0.4 is 15.0 Å². The van der Waals surface area contributed by atoms with Crippen LogP contribution in [0, 0.1) is 0 Å².